The van der Waals surface area contributed by atoms with E-state index in [0.29, 0.717) is 23.6 Å². The summed E-state index contributed by atoms with van der Waals surface area (Å²) < 4.78 is 5.73. The topological polar surface area (TPSA) is 92.4 Å². The molecule has 3 rings (SSSR count). The third-order valence-corrected chi connectivity index (χ3v) is 4.98. The van der Waals surface area contributed by atoms with Gasteiger partial charge < -0.3 is 14.8 Å². The number of carbonyl (C=O) groups is 2. The van der Waals surface area contributed by atoms with Gasteiger partial charge in [-0.05, 0) is 19.4 Å². The van der Waals surface area contributed by atoms with Crippen molar-refractivity contribution < 1.29 is 19.1 Å². The van der Waals surface area contributed by atoms with E-state index in [2.05, 4.69) is 10.3 Å². The Morgan fingerprint density at radius 1 is 1.10 bits per heavy atom. The molecule has 0 radical (unpaired) electrons. The van der Waals surface area contributed by atoms with Crippen molar-refractivity contribution in [2.75, 3.05) is 6.54 Å². The van der Waals surface area contributed by atoms with Crippen LogP contribution in [0.1, 0.15) is 30.4 Å². The second-order valence-corrected chi connectivity index (χ2v) is 7.26. The average molecular weight is 392 g/mol. The molecular weight excluding hydrogens is 368 g/mol. The van der Waals surface area contributed by atoms with E-state index in [0.717, 1.165) is 11.1 Å². The van der Waals surface area contributed by atoms with Gasteiger partial charge in [-0.3, -0.25) is 9.59 Å². The number of hydrogen-bond donors (Lipinski definition) is 2. The predicted molar refractivity (Wildman–Crippen MR) is 109 cm³/mol. The number of nitrogens with zero attached hydrogens (tertiary/aromatic N) is 1. The molecule has 0 aliphatic carbocycles. The molecule has 1 amide bonds. The SMILES string of the molecule is Cc1ccc(-c2cnc(CCC(=O)NCC(C)(C(=O)O)c3ccccc3)o2)cc1. The summed E-state index contributed by atoms with van der Waals surface area (Å²) in [6.07, 6.45) is 2.15. The lowest BCUT2D eigenvalue weighted by Crippen LogP contribution is -2.44. The first kappa shape index (κ1) is 20.3. The summed E-state index contributed by atoms with van der Waals surface area (Å²) in [4.78, 5) is 28.3. The summed E-state index contributed by atoms with van der Waals surface area (Å²) in [7, 11) is 0. The van der Waals surface area contributed by atoms with Crippen molar-refractivity contribution >= 4 is 11.9 Å². The van der Waals surface area contributed by atoms with Crippen molar-refractivity contribution in [3.63, 3.8) is 0 Å². The molecule has 3 aromatic rings. The van der Waals surface area contributed by atoms with Gasteiger partial charge in [-0.1, -0.05) is 60.2 Å². The Hall–Kier alpha value is -3.41. The van der Waals surface area contributed by atoms with Gasteiger partial charge in [0, 0.05) is 24.9 Å². The van der Waals surface area contributed by atoms with E-state index < -0.39 is 11.4 Å². The zero-order valence-electron chi connectivity index (χ0n) is 16.5. The Morgan fingerprint density at radius 2 is 1.79 bits per heavy atom. The van der Waals surface area contributed by atoms with Gasteiger partial charge in [0.1, 0.15) is 5.41 Å². The number of hydrogen-bond acceptors (Lipinski definition) is 4. The number of rotatable bonds is 8. The predicted octanol–water partition coefficient (Wildman–Crippen LogP) is 3.74. The number of aryl methyl sites for hydroxylation is 2. The molecule has 0 bridgehead atoms. The van der Waals surface area contributed by atoms with Gasteiger partial charge in [0.15, 0.2) is 11.7 Å². The lowest BCUT2D eigenvalue weighted by molar-refractivity contribution is -0.143. The fourth-order valence-corrected chi connectivity index (χ4v) is 2.97. The normalized spacial score (nSPS) is 12.9. The molecule has 0 saturated heterocycles. The Bertz CT molecular complexity index is 980. The maximum Gasteiger partial charge on any atom is 0.315 e. The molecule has 0 aliphatic rings. The molecule has 29 heavy (non-hydrogen) atoms. The second-order valence-electron chi connectivity index (χ2n) is 7.26. The molecule has 1 atom stereocenters. The zero-order valence-corrected chi connectivity index (χ0v) is 16.5. The summed E-state index contributed by atoms with van der Waals surface area (Å²) in [5, 5.41) is 12.4. The number of aromatic nitrogens is 1. The molecule has 6 nitrogen and oxygen atoms in total. The van der Waals surface area contributed by atoms with E-state index in [1.54, 1.807) is 37.4 Å². The monoisotopic (exact) mass is 392 g/mol. The number of amides is 1. The fraction of sp³-hybridized carbons (Fsp3) is 0.261. The highest BCUT2D eigenvalue weighted by molar-refractivity contribution is 5.83. The first-order valence-corrected chi connectivity index (χ1v) is 9.46. The van der Waals surface area contributed by atoms with Crippen LogP contribution in [0.5, 0.6) is 0 Å². The first-order chi connectivity index (χ1) is 13.9. The maximum atomic E-state index is 12.3. The van der Waals surface area contributed by atoms with Crippen LogP contribution in [0, 0.1) is 6.92 Å². The average Bonchev–Trinajstić information content (AvgIpc) is 3.20. The number of oxazole rings is 1. The molecule has 0 fully saturated rings. The molecule has 6 heteroatoms. The highest BCUT2D eigenvalue weighted by Crippen LogP contribution is 2.24. The minimum absolute atomic E-state index is 0.00534. The van der Waals surface area contributed by atoms with Gasteiger partial charge in [-0.25, -0.2) is 4.98 Å². The number of carboxylic acids is 1. The minimum atomic E-state index is -1.20. The number of carbonyl (C=O) groups excluding carboxylic acids is 1. The van der Waals surface area contributed by atoms with Gasteiger partial charge in [0.2, 0.25) is 5.91 Å². The third-order valence-electron chi connectivity index (χ3n) is 4.98. The highest BCUT2D eigenvalue weighted by Gasteiger charge is 2.35. The molecule has 1 heterocycles. The van der Waals surface area contributed by atoms with Crippen LogP contribution >= 0.6 is 0 Å². The van der Waals surface area contributed by atoms with Gasteiger partial charge >= 0.3 is 5.97 Å². The van der Waals surface area contributed by atoms with Gasteiger partial charge in [0.05, 0.1) is 6.20 Å². The van der Waals surface area contributed by atoms with Crippen molar-refractivity contribution in [1.29, 1.82) is 0 Å². The van der Waals surface area contributed by atoms with Gasteiger partial charge in [0.25, 0.3) is 0 Å². The molecular formula is C23H24N2O4. The van der Waals surface area contributed by atoms with Crippen molar-refractivity contribution in [2.24, 2.45) is 0 Å². The van der Waals surface area contributed by atoms with Crippen molar-refractivity contribution in [3.05, 3.63) is 77.8 Å². The molecule has 0 aliphatic heterocycles. The van der Waals surface area contributed by atoms with E-state index in [9.17, 15) is 14.7 Å². The molecule has 2 N–H and O–H groups in total. The van der Waals surface area contributed by atoms with Crippen LogP contribution in [0.3, 0.4) is 0 Å². The van der Waals surface area contributed by atoms with Crippen LogP contribution in [0.2, 0.25) is 0 Å². The summed E-state index contributed by atoms with van der Waals surface area (Å²) in [6, 6.07) is 16.8. The largest absolute Gasteiger partial charge is 0.481 e. The van der Waals surface area contributed by atoms with E-state index in [4.69, 9.17) is 4.42 Å². The Morgan fingerprint density at radius 3 is 2.45 bits per heavy atom. The summed E-state index contributed by atoms with van der Waals surface area (Å²) in [5.74, 6) is -0.106. The molecule has 150 valence electrons. The maximum absolute atomic E-state index is 12.3. The summed E-state index contributed by atoms with van der Waals surface area (Å²) >= 11 is 0. The van der Waals surface area contributed by atoms with Crippen LogP contribution in [0.25, 0.3) is 11.3 Å². The molecule has 0 spiro atoms. The van der Waals surface area contributed by atoms with Crippen molar-refractivity contribution in [3.8, 4) is 11.3 Å². The van der Waals surface area contributed by atoms with E-state index >= 15 is 0 Å². The van der Waals surface area contributed by atoms with Crippen molar-refractivity contribution in [1.82, 2.24) is 10.3 Å². The van der Waals surface area contributed by atoms with Crippen LogP contribution < -0.4 is 5.32 Å². The smallest absolute Gasteiger partial charge is 0.315 e. The fourth-order valence-electron chi connectivity index (χ4n) is 2.97. The molecule has 2 aromatic carbocycles. The van der Waals surface area contributed by atoms with E-state index in [1.807, 2.05) is 37.3 Å². The number of benzene rings is 2. The third kappa shape index (κ3) is 4.90. The molecule has 0 saturated carbocycles. The van der Waals surface area contributed by atoms with Crippen LogP contribution in [-0.4, -0.2) is 28.5 Å². The Kier molecular flexibility index (Phi) is 6.12. The summed E-state index contributed by atoms with van der Waals surface area (Å²) in [5.41, 5.74) is 1.54. The lowest BCUT2D eigenvalue weighted by Gasteiger charge is -2.25. The number of aliphatic carboxylic acids is 1. The van der Waals surface area contributed by atoms with Gasteiger partial charge in [-0.15, -0.1) is 0 Å². The first-order valence-electron chi connectivity index (χ1n) is 9.46. The Balaban J connectivity index is 1.56. The van der Waals surface area contributed by atoms with E-state index in [-0.39, 0.29) is 18.9 Å². The van der Waals surface area contributed by atoms with Crippen molar-refractivity contribution in [2.45, 2.75) is 32.1 Å². The van der Waals surface area contributed by atoms with Crippen LogP contribution in [0.4, 0.5) is 0 Å². The van der Waals surface area contributed by atoms with Crippen LogP contribution in [0.15, 0.2) is 65.2 Å². The Labute approximate surface area is 169 Å². The number of carboxylic acid groups (broad SMARTS) is 1. The van der Waals surface area contributed by atoms with E-state index in [1.165, 1.54) is 0 Å². The standard InChI is InChI=1S/C23H24N2O4/c1-16-8-10-17(11-9-16)19-14-24-21(29-19)13-12-20(26)25-15-23(2,22(27)28)18-6-4-3-5-7-18/h3-11,14H,12-13,15H2,1-2H3,(H,25,26)(H,27,28). The minimum Gasteiger partial charge on any atom is -0.481 e. The van der Waals surface area contributed by atoms with Gasteiger partial charge in [-0.2, -0.15) is 0 Å². The van der Waals surface area contributed by atoms with Crippen LogP contribution in [-0.2, 0) is 21.4 Å². The number of nitrogens with one attached hydrogen (secondary N) is 1. The zero-order chi connectivity index (χ0) is 20.9. The lowest BCUT2D eigenvalue weighted by atomic mass is 9.82. The summed E-state index contributed by atoms with van der Waals surface area (Å²) in [6.45, 7) is 3.62. The molecule has 1 aromatic heterocycles. The highest BCUT2D eigenvalue weighted by atomic mass is 16.4. The quantitative estimate of drug-likeness (QED) is 0.609. The molecule has 1 unspecified atom stereocenters. The second kappa shape index (κ2) is 8.73.